The number of hydrogen-bond donors (Lipinski definition) is 0. The zero-order valence-corrected chi connectivity index (χ0v) is 10.0. The minimum absolute atomic E-state index is 0.0309. The van der Waals surface area contributed by atoms with Gasteiger partial charge in [-0.15, -0.1) is 0 Å². The third-order valence-corrected chi connectivity index (χ3v) is 2.92. The van der Waals surface area contributed by atoms with E-state index in [1.54, 1.807) is 28.6 Å². The van der Waals surface area contributed by atoms with Crippen molar-refractivity contribution in [2.75, 3.05) is 0 Å². The molecule has 1 aromatic carbocycles. The standard InChI is InChI=1S/C12H13ClN2O/c1-9-3-4-10(11(13)7-9)8-15-6-5-14(2)12(15)16/h3-7H,8H2,1-2H3. The smallest absolute Gasteiger partial charge is 0.302 e. The van der Waals surface area contributed by atoms with Crippen LogP contribution in [-0.4, -0.2) is 9.13 Å². The Balaban J connectivity index is 2.34. The molecule has 3 nitrogen and oxygen atoms in total. The lowest BCUT2D eigenvalue weighted by molar-refractivity contribution is 0.718. The van der Waals surface area contributed by atoms with Crippen LogP contribution in [0.3, 0.4) is 0 Å². The minimum atomic E-state index is -0.0309. The van der Waals surface area contributed by atoms with Crippen LogP contribution in [0, 0.1) is 6.92 Å². The van der Waals surface area contributed by atoms with Crippen LogP contribution >= 0.6 is 11.6 Å². The van der Waals surface area contributed by atoms with Crippen molar-refractivity contribution in [3.63, 3.8) is 0 Å². The van der Waals surface area contributed by atoms with Gasteiger partial charge in [-0.25, -0.2) is 4.79 Å². The molecular weight excluding hydrogens is 224 g/mol. The molecule has 0 spiro atoms. The zero-order valence-electron chi connectivity index (χ0n) is 9.27. The van der Waals surface area contributed by atoms with Crippen LogP contribution in [0.1, 0.15) is 11.1 Å². The summed E-state index contributed by atoms with van der Waals surface area (Å²) in [6, 6.07) is 5.86. The summed E-state index contributed by atoms with van der Waals surface area (Å²) in [4.78, 5) is 11.6. The zero-order chi connectivity index (χ0) is 11.7. The molecule has 0 aliphatic heterocycles. The number of hydrogen-bond acceptors (Lipinski definition) is 1. The molecule has 84 valence electrons. The van der Waals surface area contributed by atoms with Crippen molar-refractivity contribution in [3.8, 4) is 0 Å². The van der Waals surface area contributed by atoms with Gasteiger partial charge in [-0.1, -0.05) is 23.7 Å². The van der Waals surface area contributed by atoms with Gasteiger partial charge in [0.15, 0.2) is 0 Å². The lowest BCUT2D eigenvalue weighted by Crippen LogP contribution is -2.22. The highest BCUT2D eigenvalue weighted by molar-refractivity contribution is 6.31. The molecule has 1 aromatic heterocycles. The number of benzene rings is 1. The fourth-order valence-electron chi connectivity index (χ4n) is 1.60. The van der Waals surface area contributed by atoms with E-state index in [4.69, 9.17) is 11.6 Å². The average molecular weight is 237 g/mol. The van der Waals surface area contributed by atoms with Crippen molar-refractivity contribution < 1.29 is 0 Å². The second kappa shape index (κ2) is 4.18. The van der Waals surface area contributed by atoms with E-state index in [0.29, 0.717) is 11.6 Å². The van der Waals surface area contributed by atoms with Crippen molar-refractivity contribution in [2.45, 2.75) is 13.5 Å². The molecule has 0 N–H and O–H groups in total. The van der Waals surface area contributed by atoms with Crippen molar-refractivity contribution in [3.05, 3.63) is 57.2 Å². The second-order valence-electron chi connectivity index (χ2n) is 3.91. The molecule has 2 aromatic rings. The van der Waals surface area contributed by atoms with Gasteiger partial charge >= 0.3 is 5.69 Å². The predicted molar refractivity (Wildman–Crippen MR) is 65.0 cm³/mol. The number of halogens is 1. The van der Waals surface area contributed by atoms with Crippen LogP contribution in [0.2, 0.25) is 5.02 Å². The second-order valence-corrected chi connectivity index (χ2v) is 4.32. The van der Waals surface area contributed by atoms with Gasteiger partial charge in [-0.05, 0) is 24.1 Å². The fraction of sp³-hybridized carbons (Fsp3) is 0.250. The lowest BCUT2D eigenvalue weighted by atomic mass is 10.1. The molecule has 0 aliphatic carbocycles. The van der Waals surface area contributed by atoms with Gasteiger partial charge in [0.1, 0.15) is 0 Å². The quantitative estimate of drug-likeness (QED) is 0.785. The normalized spacial score (nSPS) is 10.7. The van der Waals surface area contributed by atoms with Gasteiger partial charge in [-0.2, -0.15) is 0 Å². The van der Waals surface area contributed by atoms with Crippen LogP contribution in [0.25, 0.3) is 0 Å². The monoisotopic (exact) mass is 236 g/mol. The topological polar surface area (TPSA) is 26.9 Å². The highest BCUT2D eigenvalue weighted by Crippen LogP contribution is 2.18. The summed E-state index contributed by atoms with van der Waals surface area (Å²) < 4.78 is 3.18. The Hall–Kier alpha value is -1.48. The van der Waals surface area contributed by atoms with E-state index in [0.717, 1.165) is 11.1 Å². The van der Waals surface area contributed by atoms with Gasteiger partial charge in [0, 0.05) is 24.5 Å². The van der Waals surface area contributed by atoms with Crippen molar-refractivity contribution in [2.24, 2.45) is 7.05 Å². The molecule has 16 heavy (non-hydrogen) atoms. The maximum Gasteiger partial charge on any atom is 0.328 e. The van der Waals surface area contributed by atoms with E-state index < -0.39 is 0 Å². The maximum atomic E-state index is 11.6. The fourth-order valence-corrected chi connectivity index (χ4v) is 1.89. The molecule has 4 heteroatoms. The first kappa shape index (κ1) is 11.0. The third-order valence-electron chi connectivity index (χ3n) is 2.57. The molecule has 0 aliphatic rings. The highest BCUT2D eigenvalue weighted by atomic mass is 35.5. The SMILES string of the molecule is Cc1ccc(Cn2ccn(C)c2=O)c(Cl)c1. The van der Waals surface area contributed by atoms with Crippen LogP contribution in [0.15, 0.2) is 35.4 Å². The largest absolute Gasteiger partial charge is 0.328 e. The average Bonchev–Trinajstić information content (AvgIpc) is 2.54. The van der Waals surface area contributed by atoms with Gasteiger partial charge < -0.3 is 4.57 Å². The number of rotatable bonds is 2. The Kier molecular flexibility index (Phi) is 2.88. The van der Waals surface area contributed by atoms with E-state index in [-0.39, 0.29) is 5.69 Å². The molecule has 0 atom stereocenters. The summed E-state index contributed by atoms with van der Waals surface area (Å²) >= 11 is 6.12. The first-order valence-corrected chi connectivity index (χ1v) is 5.42. The summed E-state index contributed by atoms with van der Waals surface area (Å²) in [6.07, 6.45) is 3.50. The van der Waals surface area contributed by atoms with Gasteiger partial charge in [0.2, 0.25) is 0 Å². The van der Waals surface area contributed by atoms with Crippen molar-refractivity contribution in [1.29, 1.82) is 0 Å². The molecule has 0 saturated heterocycles. The van der Waals surface area contributed by atoms with Crippen LogP contribution < -0.4 is 5.69 Å². The first-order chi connectivity index (χ1) is 7.58. The van der Waals surface area contributed by atoms with Crippen molar-refractivity contribution in [1.82, 2.24) is 9.13 Å². The molecule has 0 saturated carbocycles. The van der Waals surface area contributed by atoms with Crippen molar-refractivity contribution >= 4 is 11.6 Å². The molecule has 1 heterocycles. The van der Waals surface area contributed by atoms with E-state index in [1.807, 2.05) is 25.1 Å². The lowest BCUT2D eigenvalue weighted by Gasteiger charge is -2.05. The van der Waals surface area contributed by atoms with E-state index in [9.17, 15) is 4.79 Å². The van der Waals surface area contributed by atoms with Crippen LogP contribution in [0.5, 0.6) is 0 Å². The number of imidazole rings is 1. The third kappa shape index (κ3) is 2.04. The molecule has 0 fully saturated rings. The Morgan fingerprint density at radius 3 is 2.62 bits per heavy atom. The molecule has 2 rings (SSSR count). The number of nitrogens with zero attached hydrogens (tertiary/aromatic N) is 2. The Labute approximate surface area is 98.9 Å². The molecule has 0 radical (unpaired) electrons. The predicted octanol–water partition coefficient (Wildman–Crippen LogP) is 2.20. The first-order valence-electron chi connectivity index (χ1n) is 5.05. The summed E-state index contributed by atoms with van der Waals surface area (Å²) in [6.45, 7) is 2.50. The molecule has 0 amide bonds. The summed E-state index contributed by atoms with van der Waals surface area (Å²) in [7, 11) is 1.73. The molecular formula is C12H13ClN2O. The Bertz CT molecular complexity index is 569. The van der Waals surface area contributed by atoms with Crippen LogP contribution in [-0.2, 0) is 13.6 Å². The highest BCUT2D eigenvalue weighted by Gasteiger charge is 2.04. The van der Waals surface area contributed by atoms with Gasteiger partial charge in [0.25, 0.3) is 0 Å². The summed E-state index contributed by atoms with van der Waals surface area (Å²) in [5.74, 6) is 0. The summed E-state index contributed by atoms with van der Waals surface area (Å²) in [5, 5.41) is 0.704. The van der Waals surface area contributed by atoms with Gasteiger partial charge in [0.05, 0.1) is 6.54 Å². The number of aromatic nitrogens is 2. The Morgan fingerprint density at radius 1 is 1.31 bits per heavy atom. The maximum absolute atomic E-state index is 11.6. The Morgan fingerprint density at radius 2 is 2.06 bits per heavy atom. The van der Waals surface area contributed by atoms with E-state index in [2.05, 4.69) is 0 Å². The minimum Gasteiger partial charge on any atom is -0.302 e. The van der Waals surface area contributed by atoms with Gasteiger partial charge in [-0.3, -0.25) is 4.57 Å². The number of aryl methyl sites for hydroxylation is 2. The molecule has 0 bridgehead atoms. The van der Waals surface area contributed by atoms with E-state index >= 15 is 0 Å². The summed E-state index contributed by atoms with van der Waals surface area (Å²) in [5.41, 5.74) is 2.05. The molecule has 0 unspecified atom stereocenters. The van der Waals surface area contributed by atoms with E-state index in [1.165, 1.54) is 0 Å². The van der Waals surface area contributed by atoms with Crippen LogP contribution in [0.4, 0.5) is 0 Å².